The van der Waals surface area contributed by atoms with Gasteiger partial charge in [0.05, 0.1) is 17.6 Å². The Balaban J connectivity index is 2.04. The number of morpholine rings is 1. The summed E-state index contributed by atoms with van der Waals surface area (Å²) in [5.41, 5.74) is 1.58. The molecule has 1 aromatic carbocycles. The summed E-state index contributed by atoms with van der Waals surface area (Å²) in [4.78, 5) is 12.8. The van der Waals surface area contributed by atoms with Crippen molar-refractivity contribution in [2.24, 2.45) is 0 Å². The molecule has 6 nitrogen and oxygen atoms in total. The van der Waals surface area contributed by atoms with Gasteiger partial charge in [0.15, 0.2) is 0 Å². The normalized spacial score (nSPS) is 20.2. The quantitative estimate of drug-likeness (QED) is 0.662. The van der Waals surface area contributed by atoms with E-state index < -0.39 is 0 Å². The Morgan fingerprint density at radius 3 is 3.05 bits per heavy atom. The Morgan fingerprint density at radius 1 is 1.58 bits per heavy atom. The van der Waals surface area contributed by atoms with Gasteiger partial charge >= 0.3 is 0 Å². The minimum absolute atomic E-state index is 0.0676. The summed E-state index contributed by atoms with van der Waals surface area (Å²) >= 11 is 0. The fourth-order valence-electron chi connectivity index (χ4n) is 2.24. The van der Waals surface area contributed by atoms with Gasteiger partial charge in [0.2, 0.25) is 0 Å². The van der Waals surface area contributed by atoms with Crippen molar-refractivity contribution in [2.45, 2.75) is 13.0 Å². The third kappa shape index (κ3) is 3.42. The van der Waals surface area contributed by atoms with Crippen molar-refractivity contribution in [2.75, 3.05) is 38.6 Å². The van der Waals surface area contributed by atoms with Crippen LogP contribution >= 0.6 is 0 Å². The Bertz CT molecular complexity index is 464. The highest BCUT2D eigenvalue weighted by molar-refractivity contribution is 5.65. The third-order valence-corrected chi connectivity index (χ3v) is 3.30. The third-order valence-electron chi connectivity index (χ3n) is 3.30. The zero-order valence-electron chi connectivity index (χ0n) is 11.3. The van der Waals surface area contributed by atoms with Crippen LogP contribution in [0.3, 0.4) is 0 Å². The van der Waals surface area contributed by atoms with Gasteiger partial charge < -0.3 is 15.0 Å². The molecule has 1 aliphatic rings. The molecule has 0 spiro atoms. The monoisotopic (exact) mass is 265 g/mol. The predicted octanol–water partition coefficient (Wildman–Crippen LogP) is 1.65. The molecular weight excluding hydrogens is 246 g/mol. The predicted molar refractivity (Wildman–Crippen MR) is 73.6 cm³/mol. The van der Waals surface area contributed by atoms with Gasteiger partial charge in [0.25, 0.3) is 5.69 Å². The standard InChI is InChI=1S/C13H19N3O3/c1-10-4-3-5-12(16(17)18)13(10)14-8-11-9-15(2)6-7-19-11/h3-5,11,14H,6-9H2,1-2H3. The van der Waals surface area contributed by atoms with Gasteiger partial charge in [-0.3, -0.25) is 10.1 Å². The van der Waals surface area contributed by atoms with Gasteiger partial charge in [0, 0.05) is 25.7 Å². The van der Waals surface area contributed by atoms with Gasteiger partial charge in [-0.05, 0) is 19.5 Å². The van der Waals surface area contributed by atoms with E-state index >= 15 is 0 Å². The van der Waals surface area contributed by atoms with Crippen LogP contribution in [0.2, 0.25) is 0 Å². The van der Waals surface area contributed by atoms with E-state index in [-0.39, 0.29) is 16.7 Å². The average molecular weight is 265 g/mol. The van der Waals surface area contributed by atoms with Crippen molar-refractivity contribution >= 4 is 11.4 Å². The average Bonchev–Trinajstić information content (AvgIpc) is 2.37. The second-order valence-corrected chi connectivity index (χ2v) is 4.86. The van der Waals surface area contributed by atoms with Crippen LogP contribution in [-0.2, 0) is 4.74 Å². The number of hydrogen-bond donors (Lipinski definition) is 1. The van der Waals surface area contributed by atoms with Crippen LogP contribution in [0.1, 0.15) is 5.56 Å². The number of aryl methyl sites for hydroxylation is 1. The maximum absolute atomic E-state index is 11.0. The second kappa shape index (κ2) is 5.99. The van der Waals surface area contributed by atoms with E-state index in [2.05, 4.69) is 10.2 Å². The zero-order valence-corrected chi connectivity index (χ0v) is 11.3. The van der Waals surface area contributed by atoms with Crippen LogP contribution in [0, 0.1) is 17.0 Å². The molecule has 104 valence electrons. The highest BCUT2D eigenvalue weighted by atomic mass is 16.6. The molecule has 1 aromatic rings. The number of nitro benzene ring substituents is 1. The van der Waals surface area contributed by atoms with Crippen molar-refractivity contribution in [1.29, 1.82) is 0 Å². The second-order valence-electron chi connectivity index (χ2n) is 4.86. The molecule has 0 saturated carbocycles. The molecule has 1 unspecified atom stereocenters. The molecule has 1 atom stereocenters. The first kappa shape index (κ1) is 13.8. The first-order valence-corrected chi connectivity index (χ1v) is 6.36. The van der Waals surface area contributed by atoms with Gasteiger partial charge in [-0.15, -0.1) is 0 Å². The van der Waals surface area contributed by atoms with Crippen LogP contribution < -0.4 is 5.32 Å². The lowest BCUT2D eigenvalue weighted by Gasteiger charge is -2.30. The summed E-state index contributed by atoms with van der Waals surface area (Å²) in [5.74, 6) is 0. The molecule has 1 saturated heterocycles. The summed E-state index contributed by atoms with van der Waals surface area (Å²) in [5, 5.41) is 14.2. The van der Waals surface area contributed by atoms with E-state index in [1.165, 1.54) is 6.07 Å². The van der Waals surface area contributed by atoms with Gasteiger partial charge in [-0.1, -0.05) is 12.1 Å². The molecule has 19 heavy (non-hydrogen) atoms. The summed E-state index contributed by atoms with van der Waals surface area (Å²) in [7, 11) is 2.05. The highest BCUT2D eigenvalue weighted by Crippen LogP contribution is 2.27. The van der Waals surface area contributed by atoms with Crippen molar-refractivity contribution < 1.29 is 9.66 Å². The van der Waals surface area contributed by atoms with E-state index in [0.717, 1.165) is 18.7 Å². The largest absolute Gasteiger partial charge is 0.377 e. The van der Waals surface area contributed by atoms with E-state index in [1.807, 2.05) is 20.0 Å². The summed E-state index contributed by atoms with van der Waals surface area (Å²) in [6.45, 7) is 4.92. The number of nitrogens with one attached hydrogen (secondary N) is 1. The molecule has 0 radical (unpaired) electrons. The number of hydrogen-bond acceptors (Lipinski definition) is 5. The number of rotatable bonds is 4. The number of nitro groups is 1. The summed E-state index contributed by atoms with van der Waals surface area (Å²) in [6.07, 6.45) is 0.0676. The SMILES string of the molecule is Cc1cccc([N+](=O)[O-])c1NCC1CN(C)CCO1. The Hall–Kier alpha value is -1.66. The molecular formula is C13H19N3O3. The lowest BCUT2D eigenvalue weighted by Crippen LogP contribution is -2.43. The first-order chi connectivity index (χ1) is 9.08. The van der Waals surface area contributed by atoms with Crippen LogP contribution in [0.25, 0.3) is 0 Å². The van der Waals surface area contributed by atoms with Crippen LogP contribution in [0.15, 0.2) is 18.2 Å². The lowest BCUT2D eigenvalue weighted by atomic mass is 10.1. The first-order valence-electron chi connectivity index (χ1n) is 6.36. The van der Waals surface area contributed by atoms with E-state index in [4.69, 9.17) is 4.74 Å². The summed E-state index contributed by atoms with van der Waals surface area (Å²) in [6, 6.07) is 5.08. The molecule has 1 N–H and O–H groups in total. The minimum Gasteiger partial charge on any atom is -0.377 e. The minimum atomic E-state index is -0.358. The van der Waals surface area contributed by atoms with Gasteiger partial charge in [-0.25, -0.2) is 0 Å². The number of para-hydroxylation sites is 1. The van der Waals surface area contributed by atoms with Crippen LogP contribution in [0.4, 0.5) is 11.4 Å². The van der Waals surface area contributed by atoms with Crippen LogP contribution in [-0.4, -0.2) is 49.2 Å². The molecule has 1 aliphatic heterocycles. The van der Waals surface area contributed by atoms with Crippen molar-refractivity contribution in [3.05, 3.63) is 33.9 Å². The zero-order chi connectivity index (χ0) is 13.8. The smallest absolute Gasteiger partial charge is 0.292 e. The Morgan fingerprint density at radius 2 is 2.37 bits per heavy atom. The van der Waals surface area contributed by atoms with E-state index in [0.29, 0.717) is 18.8 Å². The van der Waals surface area contributed by atoms with E-state index in [9.17, 15) is 10.1 Å². The number of benzene rings is 1. The number of likely N-dealkylation sites (N-methyl/N-ethyl adjacent to an activating group) is 1. The molecule has 0 aliphatic carbocycles. The highest BCUT2D eigenvalue weighted by Gasteiger charge is 2.20. The lowest BCUT2D eigenvalue weighted by molar-refractivity contribution is -0.384. The topological polar surface area (TPSA) is 67.6 Å². The fraction of sp³-hybridized carbons (Fsp3) is 0.538. The molecule has 2 rings (SSSR count). The molecule has 1 fully saturated rings. The Labute approximate surface area is 112 Å². The molecule has 0 bridgehead atoms. The van der Waals surface area contributed by atoms with E-state index in [1.54, 1.807) is 6.07 Å². The maximum Gasteiger partial charge on any atom is 0.292 e. The van der Waals surface area contributed by atoms with Gasteiger partial charge in [0.1, 0.15) is 5.69 Å². The molecule has 0 amide bonds. The Kier molecular flexibility index (Phi) is 4.34. The number of nitrogens with zero attached hydrogens (tertiary/aromatic N) is 2. The fourth-order valence-corrected chi connectivity index (χ4v) is 2.24. The summed E-state index contributed by atoms with van der Waals surface area (Å²) < 4.78 is 5.64. The van der Waals surface area contributed by atoms with Crippen molar-refractivity contribution in [3.63, 3.8) is 0 Å². The maximum atomic E-state index is 11.0. The molecule has 0 aromatic heterocycles. The van der Waals surface area contributed by atoms with Crippen molar-refractivity contribution in [1.82, 2.24) is 4.90 Å². The molecule has 1 heterocycles. The number of anilines is 1. The van der Waals surface area contributed by atoms with Crippen molar-refractivity contribution in [3.8, 4) is 0 Å². The van der Waals surface area contributed by atoms with Gasteiger partial charge in [-0.2, -0.15) is 0 Å². The van der Waals surface area contributed by atoms with Crippen LogP contribution in [0.5, 0.6) is 0 Å². The molecule has 6 heteroatoms. The number of ether oxygens (including phenoxy) is 1.